The maximum atomic E-state index is 5.50. The number of benzene rings is 1. The molecule has 1 aliphatic carbocycles. The number of hydrogen-bond acceptors (Lipinski definition) is 6. The number of rotatable bonds is 6. The molecular weight excluding hydrogens is 308 g/mol. The van der Waals surface area contributed by atoms with Gasteiger partial charge in [0, 0.05) is 25.6 Å². The van der Waals surface area contributed by atoms with E-state index >= 15 is 0 Å². The second-order valence-electron chi connectivity index (χ2n) is 6.18. The van der Waals surface area contributed by atoms with E-state index in [4.69, 9.17) is 4.74 Å². The summed E-state index contributed by atoms with van der Waals surface area (Å²) in [7, 11) is 0. The van der Waals surface area contributed by atoms with E-state index in [1.54, 1.807) is 11.3 Å². The molecule has 0 radical (unpaired) electrons. The smallest absolute Gasteiger partial charge is 0.205 e. The second-order valence-corrected chi connectivity index (χ2v) is 7.18. The van der Waals surface area contributed by atoms with E-state index in [-0.39, 0.29) is 0 Å². The van der Waals surface area contributed by atoms with Crippen molar-refractivity contribution in [3.63, 3.8) is 0 Å². The minimum Gasteiger partial charge on any atom is -0.379 e. The molecular formula is C17H22N4OS. The first kappa shape index (κ1) is 15.1. The Morgan fingerprint density at radius 1 is 1.17 bits per heavy atom. The zero-order valence-corrected chi connectivity index (χ0v) is 14.0. The fourth-order valence-electron chi connectivity index (χ4n) is 3.01. The predicted molar refractivity (Wildman–Crippen MR) is 91.9 cm³/mol. The van der Waals surface area contributed by atoms with Crippen LogP contribution in [0.2, 0.25) is 0 Å². The van der Waals surface area contributed by atoms with Crippen molar-refractivity contribution in [1.82, 2.24) is 15.1 Å². The van der Waals surface area contributed by atoms with Crippen LogP contribution in [0.4, 0.5) is 5.13 Å². The standard InChI is InChI=1S/C17H22N4OS/c1-2-4-13(5-3-1)15(21-8-10-22-11-9-21)12-18-17-20-19-16(23-17)14-6-7-14/h1-5,14-15H,6-12H2,(H,18,20). The number of hydrogen-bond donors (Lipinski definition) is 1. The van der Waals surface area contributed by atoms with Crippen molar-refractivity contribution in [2.75, 3.05) is 38.2 Å². The van der Waals surface area contributed by atoms with Gasteiger partial charge in [-0.15, -0.1) is 10.2 Å². The molecule has 5 nitrogen and oxygen atoms in total. The molecule has 1 unspecified atom stereocenters. The second kappa shape index (κ2) is 6.95. The van der Waals surface area contributed by atoms with Gasteiger partial charge in [-0.25, -0.2) is 0 Å². The molecule has 2 fully saturated rings. The topological polar surface area (TPSA) is 50.3 Å². The van der Waals surface area contributed by atoms with E-state index in [0.29, 0.717) is 12.0 Å². The summed E-state index contributed by atoms with van der Waals surface area (Å²) >= 11 is 1.71. The number of nitrogens with one attached hydrogen (secondary N) is 1. The Morgan fingerprint density at radius 3 is 2.70 bits per heavy atom. The highest BCUT2D eigenvalue weighted by Crippen LogP contribution is 2.42. The lowest BCUT2D eigenvalue weighted by Gasteiger charge is -2.34. The van der Waals surface area contributed by atoms with E-state index in [1.165, 1.54) is 23.4 Å². The van der Waals surface area contributed by atoms with Crippen LogP contribution in [-0.4, -0.2) is 47.9 Å². The molecule has 2 aliphatic rings. The monoisotopic (exact) mass is 330 g/mol. The van der Waals surface area contributed by atoms with Gasteiger partial charge in [0.15, 0.2) is 0 Å². The lowest BCUT2D eigenvalue weighted by molar-refractivity contribution is 0.0187. The molecule has 1 saturated heterocycles. The number of nitrogens with zero attached hydrogens (tertiary/aromatic N) is 3. The number of morpholine rings is 1. The van der Waals surface area contributed by atoms with Crippen LogP contribution in [0.1, 0.15) is 35.4 Å². The lowest BCUT2D eigenvalue weighted by Crippen LogP contribution is -2.41. The fraction of sp³-hybridized carbons (Fsp3) is 0.529. The van der Waals surface area contributed by atoms with Crippen LogP contribution in [0.5, 0.6) is 0 Å². The first-order valence-corrected chi connectivity index (χ1v) is 9.16. The highest BCUT2D eigenvalue weighted by Gasteiger charge is 2.28. The van der Waals surface area contributed by atoms with E-state index in [9.17, 15) is 0 Å². The Hall–Kier alpha value is -1.50. The van der Waals surface area contributed by atoms with Gasteiger partial charge in [0.1, 0.15) is 5.01 Å². The summed E-state index contributed by atoms with van der Waals surface area (Å²) in [6.45, 7) is 4.43. The summed E-state index contributed by atoms with van der Waals surface area (Å²) in [5.41, 5.74) is 1.34. The Bertz CT molecular complexity index is 623. The molecule has 23 heavy (non-hydrogen) atoms. The molecule has 0 amide bonds. The van der Waals surface area contributed by atoms with E-state index in [0.717, 1.165) is 38.0 Å². The molecule has 0 spiro atoms. The van der Waals surface area contributed by atoms with Crippen molar-refractivity contribution in [1.29, 1.82) is 0 Å². The summed E-state index contributed by atoms with van der Waals surface area (Å²) in [5, 5.41) is 14.3. The molecule has 1 aromatic heterocycles. The average Bonchev–Trinajstić information content (AvgIpc) is 3.36. The molecule has 1 atom stereocenters. The van der Waals surface area contributed by atoms with Crippen LogP contribution < -0.4 is 5.32 Å². The maximum Gasteiger partial charge on any atom is 0.205 e. The minimum atomic E-state index is 0.341. The highest BCUT2D eigenvalue weighted by molar-refractivity contribution is 7.15. The highest BCUT2D eigenvalue weighted by atomic mass is 32.1. The fourth-order valence-corrected chi connectivity index (χ4v) is 3.93. The van der Waals surface area contributed by atoms with Crippen LogP contribution >= 0.6 is 11.3 Å². The van der Waals surface area contributed by atoms with Gasteiger partial charge in [-0.1, -0.05) is 41.7 Å². The third-order valence-corrected chi connectivity index (χ3v) is 5.53. The van der Waals surface area contributed by atoms with Gasteiger partial charge in [-0.3, -0.25) is 4.90 Å². The minimum absolute atomic E-state index is 0.341. The van der Waals surface area contributed by atoms with Crippen molar-refractivity contribution in [3.05, 3.63) is 40.9 Å². The van der Waals surface area contributed by atoms with Crippen LogP contribution in [0.25, 0.3) is 0 Å². The molecule has 2 aromatic rings. The molecule has 1 saturated carbocycles. The molecule has 2 heterocycles. The summed E-state index contributed by atoms with van der Waals surface area (Å²) in [4.78, 5) is 2.49. The summed E-state index contributed by atoms with van der Waals surface area (Å²) < 4.78 is 5.50. The first-order chi connectivity index (χ1) is 11.4. The Kier molecular flexibility index (Phi) is 4.55. The van der Waals surface area contributed by atoms with Crippen molar-refractivity contribution in [3.8, 4) is 0 Å². The van der Waals surface area contributed by atoms with E-state index < -0.39 is 0 Å². The summed E-state index contributed by atoms with van der Waals surface area (Å²) in [6.07, 6.45) is 2.55. The third-order valence-electron chi connectivity index (χ3n) is 4.48. The largest absolute Gasteiger partial charge is 0.379 e. The normalized spacial score (nSPS) is 20.3. The van der Waals surface area contributed by atoms with Crippen LogP contribution in [-0.2, 0) is 4.74 Å². The van der Waals surface area contributed by atoms with Gasteiger partial charge in [-0.2, -0.15) is 0 Å². The first-order valence-electron chi connectivity index (χ1n) is 8.34. The van der Waals surface area contributed by atoms with Gasteiger partial charge in [0.05, 0.1) is 19.3 Å². The molecule has 4 rings (SSSR count). The zero-order valence-electron chi connectivity index (χ0n) is 13.1. The van der Waals surface area contributed by atoms with Crippen LogP contribution in [0, 0.1) is 0 Å². The molecule has 1 N–H and O–H groups in total. The molecule has 6 heteroatoms. The third kappa shape index (κ3) is 3.71. The van der Waals surface area contributed by atoms with Gasteiger partial charge in [-0.05, 0) is 18.4 Å². The quantitative estimate of drug-likeness (QED) is 0.882. The summed E-state index contributed by atoms with van der Waals surface area (Å²) in [5.74, 6) is 0.673. The maximum absolute atomic E-state index is 5.50. The lowest BCUT2D eigenvalue weighted by atomic mass is 10.0. The molecule has 1 aromatic carbocycles. The van der Waals surface area contributed by atoms with Gasteiger partial charge < -0.3 is 10.1 Å². The summed E-state index contributed by atoms with van der Waals surface area (Å²) in [6, 6.07) is 11.0. The molecule has 122 valence electrons. The van der Waals surface area contributed by atoms with Crippen LogP contribution in [0.15, 0.2) is 30.3 Å². The molecule has 0 bridgehead atoms. The predicted octanol–water partition coefficient (Wildman–Crippen LogP) is 2.90. The number of ether oxygens (including phenoxy) is 1. The van der Waals surface area contributed by atoms with Crippen molar-refractivity contribution in [2.24, 2.45) is 0 Å². The van der Waals surface area contributed by atoms with Crippen molar-refractivity contribution in [2.45, 2.75) is 24.8 Å². The molecule has 1 aliphatic heterocycles. The van der Waals surface area contributed by atoms with Crippen LogP contribution in [0.3, 0.4) is 0 Å². The van der Waals surface area contributed by atoms with E-state index in [1.807, 2.05) is 0 Å². The van der Waals surface area contributed by atoms with Crippen molar-refractivity contribution >= 4 is 16.5 Å². The van der Waals surface area contributed by atoms with E-state index in [2.05, 4.69) is 50.7 Å². The van der Waals surface area contributed by atoms with Gasteiger partial charge in [0.2, 0.25) is 5.13 Å². The Labute approximate surface area is 140 Å². The average molecular weight is 330 g/mol. The zero-order chi connectivity index (χ0) is 15.5. The SMILES string of the molecule is c1ccc(C(CNc2nnc(C3CC3)s2)N2CCOCC2)cc1. The van der Waals surface area contributed by atoms with Gasteiger partial charge >= 0.3 is 0 Å². The number of anilines is 1. The number of aromatic nitrogens is 2. The Morgan fingerprint density at radius 2 is 1.96 bits per heavy atom. The Balaban J connectivity index is 1.45. The van der Waals surface area contributed by atoms with Crippen molar-refractivity contribution < 1.29 is 4.74 Å². The van der Waals surface area contributed by atoms with Gasteiger partial charge in [0.25, 0.3) is 0 Å².